The molecule has 0 aliphatic heterocycles. The Labute approximate surface area is 112 Å². The summed E-state index contributed by atoms with van der Waals surface area (Å²) in [6.07, 6.45) is 5.95. The molecule has 0 spiro atoms. The molecule has 0 amide bonds. The van der Waals surface area contributed by atoms with Gasteiger partial charge in [-0.05, 0) is 43.7 Å². The van der Waals surface area contributed by atoms with Gasteiger partial charge in [0, 0.05) is 5.69 Å². The number of nitrogen functional groups attached to an aromatic ring is 1. The van der Waals surface area contributed by atoms with Crippen LogP contribution in [0.2, 0.25) is 0 Å². The third-order valence-corrected chi connectivity index (χ3v) is 2.50. The van der Waals surface area contributed by atoms with Crippen LogP contribution in [-0.2, 0) is 0 Å². The first-order valence-corrected chi connectivity index (χ1v) is 7.01. The van der Waals surface area contributed by atoms with Crippen molar-refractivity contribution in [2.75, 3.05) is 18.9 Å². The summed E-state index contributed by atoms with van der Waals surface area (Å²) in [6.45, 7) is 5.59. The minimum Gasteiger partial charge on any atom is -0.494 e. The van der Waals surface area contributed by atoms with Crippen LogP contribution in [0.15, 0.2) is 24.3 Å². The van der Waals surface area contributed by atoms with E-state index in [1.807, 2.05) is 38.1 Å². The zero-order valence-electron chi connectivity index (χ0n) is 11.8. The minimum absolute atomic E-state index is 0.772. The first kappa shape index (κ1) is 16.8. The summed E-state index contributed by atoms with van der Waals surface area (Å²) in [5.41, 5.74) is 11.8. The van der Waals surface area contributed by atoms with Gasteiger partial charge in [0.05, 0.1) is 6.61 Å². The van der Waals surface area contributed by atoms with E-state index in [9.17, 15) is 0 Å². The highest BCUT2D eigenvalue weighted by atomic mass is 16.5. The van der Waals surface area contributed by atoms with Crippen molar-refractivity contribution < 1.29 is 4.74 Å². The SMILES string of the molecule is CC.NCCCCCCCOc1ccc(N)cc1. The van der Waals surface area contributed by atoms with E-state index in [4.69, 9.17) is 16.2 Å². The molecule has 4 N–H and O–H groups in total. The molecule has 0 heterocycles. The maximum Gasteiger partial charge on any atom is 0.119 e. The maximum absolute atomic E-state index is 5.59. The number of benzene rings is 1. The molecular formula is C15H28N2O. The highest BCUT2D eigenvalue weighted by Crippen LogP contribution is 2.13. The van der Waals surface area contributed by atoms with Gasteiger partial charge in [0.1, 0.15) is 5.75 Å². The smallest absolute Gasteiger partial charge is 0.119 e. The molecule has 104 valence electrons. The van der Waals surface area contributed by atoms with E-state index in [1.54, 1.807) is 0 Å². The molecule has 0 bridgehead atoms. The van der Waals surface area contributed by atoms with Crippen molar-refractivity contribution in [2.45, 2.75) is 46.0 Å². The van der Waals surface area contributed by atoms with Crippen LogP contribution < -0.4 is 16.2 Å². The summed E-state index contributed by atoms with van der Waals surface area (Å²) in [4.78, 5) is 0. The van der Waals surface area contributed by atoms with Crippen LogP contribution in [0.3, 0.4) is 0 Å². The lowest BCUT2D eigenvalue weighted by Crippen LogP contribution is -1.99. The zero-order valence-corrected chi connectivity index (χ0v) is 11.8. The van der Waals surface area contributed by atoms with E-state index in [0.29, 0.717) is 0 Å². The molecule has 0 saturated heterocycles. The summed E-state index contributed by atoms with van der Waals surface area (Å²) in [6, 6.07) is 7.53. The van der Waals surface area contributed by atoms with Gasteiger partial charge in [-0.25, -0.2) is 0 Å². The Kier molecular flexibility index (Phi) is 11.4. The number of unbranched alkanes of at least 4 members (excludes halogenated alkanes) is 4. The van der Waals surface area contributed by atoms with Crippen molar-refractivity contribution >= 4 is 5.69 Å². The highest BCUT2D eigenvalue weighted by molar-refractivity contribution is 5.41. The van der Waals surface area contributed by atoms with Gasteiger partial charge in [-0.3, -0.25) is 0 Å². The molecule has 1 aromatic carbocycles. The van der Waals surface area contributed by atoms with Crippen molar-refractivity contribution in [2.24, 2.45) is 5.73 Å². The first-order valence-electron chi connectivity index (χ1n) is 7.01. The zero-order chi connectivity index (χ0) is 13.6. The normalized spacial score (nSPS) is 9.50. The summed E-state index contributed by atoms with van der Waals surface area (Å²) in [5.74, 6) is 0.899. The van der Waals surface area contributed by atoms with Gasteiger partial charge in [0.2, 0.25) is 0 Å². The fourth-order valence-corrected chi connectivity index (χ4v) is 1.53. The second-order valence-corrected chi connectivity index (χ2v) is 3.97. The standard InChI is InChI=1S/C13H22N2O.C2H6/c14-10-4-2-1-3-5-11-16-13-8-6-12(15)7-9-13;1-2/h6-9H,1-5,10-11,14-15H2;1-2H3. The van der Waals surface area contributed by atoms with Crippen LogP contribution in [-0.4, -0.2) is 13.2 Å². The molecule has 0 aliphatic rings. The molecule has 3 heteroatoms. The molecule has 18 heavy (non-hydrogen) atoms. The van der Waals surface area contributed by atoms with Gasteiger partial charge >= 0.3 is 0 Å². The van der Waals surface area contributed by atoms with Gasteiger partial charge in [-0.1, -0.05) is 33.1 Å². The summed E-state index contributed by atoms with van der Waals surface area (Å²) < 4.78 is 5.59. The average Bonchev–Trinajstić information content (AvgIpc) is 2.42. The maximum atomic E-state index is 5.59. The largest absolute Gasteiger partial charge is 0.494 e. The number of hydrogen-bond donors (Lipinski definition) is 2. The van der Waals surface area contributed by atoms with Crippen LogP contribution >= 0.6 is 0 Å². The van der Waals surface area contributed by atoms with Gasteiger partial charge in [-0.15, -0.1) is 0 Å². The van der Waals surface area contributed by atoms with Gasteiger partial charge in [-0.2, -0.15) is 0 Å². The second kappa shape index (κ2) is 12.2. The Morgan fingerprint density at radius 1 is 0.889 bits per heavy atom. The molecule has 3 nitrogen and oxygen atoms in total. The second-order valence-electron chi connectivity index (χ2n) is 3.97. The Bertz CT molecular complexity index is 272. The van der Waals surface area contributed by atoms with Gasteiger partial charge < -0.3 is 16.2 Å². The fourth-order valence-electron chi connectivity index (χ4n) is 1.53. The Hall–Kier alpha value is -1.22. The Balaban J connectivity index is 0.00000137. The molecule has 0 unspecified atom stereocenters. The van der Waals surface area contributed by atoms with Crippen LogP contribution in [0.1, 0.15) is 46.0 Å². The lowest BCUT2D eigenvalue weighted by molar-refractivity contribution is 0.304. The molecule has 0 aromatic heterocycles. The van der Waals surface area contributed by atoms with E-state index in [-0.39, 0.29) is 0 Å². The van der Waals surface area contributed by atoms with Crippen molar-refractivity contribution in [1.82, 2.24) is 0 Å². The van der Waals surface area contributed by atoms with E-state index in [0.717, 1.165) is 37.4 Å². The summed E-state index contributed by atoms with van der Waals surface area (Å²) >= 11 is 0. The third-order valence-electron chi connectivity index (χ3n) is 2.50. The molecule has 0 atom stereocenters. The topological polar surface area (TPSA) is 61.3 Å². The number of nitrogens with two attached hydrogens (primary N) is 2. The first-order chi connectivity index (χ1) is 8.83. The highest BCUT2D eigenvalue weighted by Gasteiger charge is 1.94. The van der Waals surface area contributed by atoms with E-state index >= 15 is 0 Å². The third kappa shape index (κ3) is 8.88. The molecule has 0 aliphatic carbocycles. The molecule has 1 rings (SSSR count). The van der Waals surface area contributed by atoms with Crippen LogP contribution in [0.4, 0.5) is 5.69 Å². The van der Waals surface area contributed by atoms with E-state index < -0.39 is 0 Å². The monoisotopic (exact) mass is 252 g/mol. The lowest BCUT2D eigenvalue weighted by atomic mass is 10.1. The summed E-state index contributed by atoms with van der Waals surface area (Å²) in [5, 5.41) is 0. The predicted octanol–water partition coefficient (Wildman–Crippen LogP) is 3.58. The number of ether oxygens (including phenoxy) is 1. The van der Waals surface area contributed by atoms with Crippen molar-refractivity contribution in [3.8, 4) is 5.75 Å². The van der Waals surface area contributed by atoms with Crippen LogP contribution in [0, 0.1) is 0 Å². The quantitative estimate of drug-likeness (QED) is 0.549. The van der Waals surface area contributed by atoms with Crippen LogP contribution in [0.25, 0.3) is 0 Å². The predicted molar refractivity (Wildman–Crippen MR) is 79.8 cm³/mol. The molecular weight excluding hydrogens is 224 g/mol. The average molecular weight is 252 g/mol. The van der Waals surface area contributed by atoms with Crippen LogP contribution in [0.5, 0.6) is 5.75 Å². The Morgan fingerprint density at radius 2 is 1.44 bits per heavy atom. The number of hydrogen-bond acceptors (Lipinski definition) is 3. The van der Waals surface area contributed by atoms with E-state index in [1.165, 1.54) is 19.3 Å². The summed E-state index contributed by atoms with van der Waals surface area (Å²) in [7, 11) is 0. The molecule has 0 fully saturated rings. The van der Waals surface area contributed by atoms with E-state index in [2.05, 4.69) is 0 Å². The fraction of sp³-hybridized carbons (Fsp3) is 0.600. The lowest BCUT2D eigenvalue weighted by Gasteiger charge is -2.06. The minimum atomic E-state index is 0.772. The molecule has 0 saturated carbocycles. The Morgan fingerprint density at radius 3 is 2.06 bits per heavy atom. The number of anilines is 1. The van der Waals surface area contributed by atoms with Crippen molar-refractivity contribution in [3.05, 3.63) is 24.3 Å². The van der Waals surface area contributed by atoms with Crippen molar-refractivity contribution in [3.63, 3.8) is 0 Å². The van der Waals surface area contributed by atoms with Gasteiger partial charge in [0.25, 0.3) is 0 Å². The van der Waals surface area contributed by atoms with Gasteiger partial charge in [0.15, 0.2) is 0 Å². The molecule has 0 radical (unpaired) electrons. The van der Waals surface area contributed by atoms with Crippen molar-refractivity contribution in [1.29, 1.82) is 0 Å². The molecule has 1 aromatic rings. The number of rotatable bonds is 8.